The van der Waals surface area contributed by atoms with Crippen LogP contribution in [0.15, 0.2) is 29.3 Å². The molecule has 118 valence electrons. The van der Waals surface area contributed by atoms with Crippen molar-refractivity contribution in [3.05, 3.63) is 40.3 Å². The van der Waals surface area contributed by atoms with Crippen LogP contribution in [-0.4, -0.2) is 15.5 Å². The Morgan fingerprint density at radius 1 is 1.18 bits per heavy atom. The minimum absolute atomic E-state index is 0.00576. The van der Waals surface area contributed by atoms with Gasteiger partial charge in [0.15, 0.2) is 0 Å². The summed E-state index contributed by atoms with van der Waals surface area (Å²) in [5, 5.41) is 4.16. The summed E-state index contributed by atoms with van der Waals surface area (Å²) in [4.78, 5) is 9.09. The summed E-state index contributed by atoms with van der Waals surface area (Å²) in [6.45, 7) is 8.22. The summed E-state index contributed by atoms with van der Waals surface area (Å²) in [5.74, 6) is 0.682. The van der Waals surface area contributed by atoms with E-state index in [2.05, 4.69) is 40.8 Å². The second-order valence-electron chi connectivity index (χ2n) is 5.89. The van der Waals surface area contributed by atoms with Crippen molar-refractivity contribution in [2.45, 2.75) is 38.1 Å². The van der Waals surface area contributed by atoms with Crippen LogP contribution in [0.3, 0.4) is 0 Å². The molecular weight excluding hydrogens is 339 g/mol. The molecule has 0 amide bonds. The molecule has 0 fully saturated rings. The van der Waals surface area contributed by atoms with Gasteiger partial charge in [0.2, 0.25) is 5.28 Å². The predicted octanol–water partition coefficient (Wildman–Crippen LogP) is 5.23. The van der Waals surface area contributed by atoms with Crippen molar-refractivity contribution in [2.24, 2.45) is 0 Å². The van der Waals surface area contributed by atoms with Crippen LogP contribution in [0.5, 0.6) is 0 Å². The first-order chi connectivity index (χ1) is 10.2. The summed E-state index contributed by atoms with van der Waals surface area (Å²) in [6.07, 6.45) is 1.68. The Balaban J connectivity index is 2.20. The quantitative estimate of drug-likeness (QED) is 0.580. The van der Waals surface area contributed by atoms with Crippen LogP contribution in [-0.2, 0) is 0 Å². The van der Waals surface area contributed by atoms with Gasteiger partial charge < -0.3 is 5.32 Å². The highest BCUT2D eigenvalue weighted by Gasteiger charge is 2.12. The molecule has 1 aromatic carbocycles. The van der Waals surface area contributed by atoms with E-state index in [-0.39, 0.29) is 10.8 Å². The topological polar surface area (TPSA) is 49.8 Å². The molecule has 4 nitrogen and oxygen atoms in total. The van der Waals surface area contributed by atoms with E-state index in [9.17, 15) is 0 Å². The monoisotopic (exact) mass is 356 g/mol. The third-order valence-electron chi connectivity index (χ3n) is 2.60. The number of anilines is 2. The summed E-state index contributed by atoms with van der Waals surface area (Å²) in [5.41, 5.74) is 1.80. The van der Waals surface area contributed by atoms with Gasteiger partial charge in [-0.2, -0.15) is 0 Å². The van der Waals surface area contributed by atoms with E-state index in [1.807, 2.05) is 25.1 Å². The molecule has 2 rings (SSSR count). The molecule has 1 heterocycles. The molecule has 1 aromatic heterocycles. The second-order valence-corrected chi connectivity index (χ2v) is 7.49. The highest BCUT2D eigenvalue weighted by molar-refractivity contribution is 7.97. The number of aryl methyl sites for hydroxylation is 1. The van der Waals surface area contributed by atoms with Gasteiger partial charge in [0.1, 0.15) is 5.82 Å². The molecule has 2 N–H and O–H groups in total. The van der Waals surface area contributed by atoms with Crippen LogP contribution in [0.4, 0.5) is 11.5 Å². The number of hydrogen-bond acceptors (Lipinski definition) is 5. The average molecular weight is 357 g/mol. The van der Waals surface area contributed by atoms with Gasteiger partial charge >= 0.3 is 0 Å². The molecule has 7 heteroatoms. The highest BCUT2D eigenvalue weighted by atomic mass is 35.5. The van der Waals surface area contributed by atoms with Crippen LogP contribution >= 0.6 is 35.1 Å². The van der Waals surface area contributed by atoms with Crippen LogP contribution < -0.4 is 10.0 Å². The molecule has 0 atom stereocenters. The number of hydrogen-bond donors (Lipinski definition) is 2. The molecule has 0 aliphatic carbocycles. The summed E-state index contributed by atoms with van der Waals surface area (Å²) >= 11 is 13.6. The van der Waals surface area contributed by atoms with Crippen molar-refractivity contribution in [1.29, 1.82) is 0 Å². The predicted molar refractivity (Wildman–Crippen MR) is 95.3 cm³/mol. The van der Waals surface area contributed by atoms with Gasteiger partial charge in [0.05, 0.1) is 5.02 Å². The molecule has 22 heavy (non-hydrogen) atoms. The van der Waals surface area contributed by atoms with Gasteiger partial charge in [-0.15, -0.1) is 0 Å². The standard InChI is InChI=1S/C15H18Cl2N4S/c1-9-8-18-14(17)20-13(9)19-10-5-6-11(16)12(7-10)22-21-15(2,3)4/h5-8,21H,1-4H3,(H,18,19,20). The lowest BCUT2D eigenvalue weighted by molar-refractivity contribution is 0.535. The van der Waals surface area contributed by atoms with Crippen molar-refractivity contribution in [3.63, 3.8) is 0 Å². The van der Waals surface area contributed by atoms with Gasteiger partial charge in [-0.3, -0.25) is 4.72 Å². The van der Waals surface area contributed by atoms with Gasteiger partial charge in [0.25, 0.3) is 0 Å². The Hall–Kier alpha value is -1.01. The Bertz CT molecular complexity index is 671. The number of halogens is 2. The molecule has 0 spiro atoms. The van der Waals surface area contributed by atoms with Crippen molar-refractivity contribution in [3.8, 4) is 0 Å². The van der Waals surface area contributed by atoms with Crippen LogP contribution in [0.2, 0.25) is 10.3 Å². The molecule has 0 radical (unpaired) electrons. The third kappa shape index (κ3) is 5.02. The molecular formula is C15H18Cl2N4S. The van der Waals surface area contributed by atoms with Crippen molar-refractivity contribution < 1.29 is 0 Å². The number of benzene rings is 1. The van der Waals surface area contributed by atoms with Crippen LogP contribution in [0.25, 0.3) is 0 Å². The van der Waals surface area contributed by atoms with E-state index < -0.39 is 0 Å². The molecule has 0 unspecified atom stereocenters. The lowest BCUT2D eigenvalue weighted by Gasteiger charge is -2.20. The third-order valence-corrected chi connectivity index (χ3v) is 4.50. The fourth-order valence-corrected chi connectivity index (χ4v) is 2.69. The number of rotatable bonds is 4. The van der Waals surface area contributed by atoms with Crippen molar-refractivity contribution >= 4 is 46.7 Å². The van der Waals surface area contributed by atoms with Crippen LogP contribution in [0.1, 0.15) is 26.3 Å². The molecule has 0 bridgehead atoms. The van der Waals surface area contributed by atoms with E-state index >= 15 is 0 Å². The normalized spacial score (nSPS) is 11.5. The van der Waals surface area contributed by atoms with Crippen molar-refractivity contribution in [1.82, 2.24) is 14.7 Å². The van der Waals surface area contributed by atoms with E-state index in [0.717, 1.165) is 16.1 Å². The van der Waals surface area contributed by atoms with Crippen molar-refractivity contribution in [2.75, 3.05) is 5.32 Å². The zero-order chi connectivity index (χ0) is 16.3. The first kappa shape index (κ1) is 17.3. The molecule has 0 aliphatic heterocycles. The molecule has 0 aliphatic rings. The van der Waals surface area contributed by atoms with Gasteiger partial charge in [-0.1, -0.05) is 11.6 Å². The maximum atomic E-state index is 6.25. The summed E-state index contributed by atoms with van der Waals surface area (Å²) < 4.78 is 3.35. The minimum Gasteiger partial charge on any atom is -0.340 e. The number of nitrogens with zero attached hydrogens (tertiary/aromatic N) is 2. The number of aromatic nitrogens is 2. The summed E-state index contributed by atoms with van der Waals surface area (Å²) in [7, 11) is 0. The first-order valence-corrected chi connectivity index (χ1v) is 8.31. The number of nitrogens with one attached hydrogen (secondary N) is 2. The smallest absolute Gasteiger partial charge is 0.224 e. The highest BCUT2D eigenvalue weighted by Crippen LogP contribution is 2.31. The van der Waals surface area contributed by atoms with E-state index in [4.69, 9.17) is 23.2 Å². The maximum Gasteiger partial charge on any atom is 0.224 e. The lowest BCUT2D eigenvalue weighted by Crippen LogP contribution is -2.29. The molecule has 0 saturated carbocycles. The fraction of sp³-hybridized carbons (Fsp3) is 0.333. The Labute approximate surface area is 145 Å². The van der Waals surface area contributed by atoms with E-state index in [1.54, 1.807) is 6.20 Å². The zero-order valence-electron chi connectivity index (χ0n) is 12.9. The second kappa shape index (κ2) is 7.04. The largest absolute Gasteiger partial charge is 0.340 e. The first-order valence-electron chi connectivity index (χ1n) is 6.74. The Morgan fingerprint density at radius 3 is 2.59 bits per heavy atom. The Kier molecular flexibility index (Phi) is 5.55. The van der Waals surface area contributed by atoms with Crippen LogP contribution in [0, 0.1) is 6.92 Å². The zero-order valence-corrected chi connectivity index (χ0v) is 15.2. The fourth-order valence-electron chi connectivity index (χ4n) is 1.55. The summed E-state index contributed by atoms with van der Waals surface area (Å²) in [6, 6.07) is 5.73. The molecule has 2 aromatic rings. The molecule has 0 saturated heterocycles. The lowest BCUT2D eigenvalue weighted by atomic mass is 10.1. The SMILES string of the molecule is Cc1cnc(Cl)nc1Nc1ccc(Cl)c(SNC(C)(C)C)c1. The van der Waals surface area contributed by atoms with Gasteiger partial charge in [0, 0.05) is 27.9 Å². The average Bonchev–Trinajstić information content (AvgIpc) is 2.42. The minimum atomic E-state index is -0.00576. The maximum absolute atomic E-state index is 6.25. The van der Waals surface area contributed by atoms with E-state index in [1.165, 1.54) is 11.9 Å². The van der Waals surface area contributed by atoms with Gasteiger partial charge in [-0.25, -0.2) is 9.97 Å². The van der Waals surface area contributed by atoms with E-state index in [0.29, 0.717) is 10.8 Å². The Morgan fingerprint density at radius 2 is 1.91 bits per heavy atom. The van der Waals surface area contributed by atoms with Gasteiger partial charge in [-0.05, 0) is 69.4 Å².